The van der Waals surface area contributed by atoms with E-state index in [0.29, 0.717) is 0 Å². The van der Waals surface area contributed by atoms with Crippen molar-refractivity contribution in [3.05, 3.63) is 23.8 Å². The van der Waals surface area contributed by atoms with E-state index >= 15 is 0 Å². The van der Waals surface area contributed by atoms with Gasteiger partial charge < -0.3 is 0 Å². The Bertz CT molecular complexity index is 132. The zero-order valence-corrected chi connectivity index (χ0v) is 7.36. The van der Waals surface area contributed by atoms with Crippen LogP contribution in [-0.2, 0) is 18.6 Å². The van der Waals surface area contributed by atoms with Gasteiger partial charge in [0.1, 0.15) is 0 Å². The Hall–Kier alpha value is 0.0644. The topological polar surface area (TPSA) is 0 Å². The Morgan fingerprint density at radius 3 is 2.33 bits per heavy atom. The van der Waals surface area contributed by atoms with Crippen LogP contribution in [0, 0.1) is 5.92 Å². The maximum atomic E-state index is 2.23. The van der Waals surface area contributed by atoms with Crippen LogP contribution in [0.15, 0.2) is 23.8 Å². The molecule has 0 aromatic rings. The Balaban J connectivity index is 0.000000640. The molecule has 0 spiro atoms. The summed E-state index contributed by atoms with van der Waals surface area (Å²) in [4.78, 5) is 0. The third-order valence-electron chi connectivity index (χ3n) is 1.54. The van der Waals surface area contributed by atoms with Gasteiger partial charge in [-0.15, -0.1) is 0 Å². The summed E-state index contributed by atoms with van der Waals surface area (Å²) in [6.07, 6.45) is 7.73. The normalized spacial score (nSPS) is 15.7. The van der Waals surface area contributed by atoms with Crippen LogP contribution in [0.1, 0.15) is 20.3 Å². The molecular weight excluding hydrogens is 147 g/mol. The summed E-state index contributed by atoms with van der Waals surface area (Å²) < 4.78 is 0. The van der Waals surface area contributed by atoms with Crippen molar-refractivity contribution in [2.75, 3.05) is 0 Å². The van der Waals surface area contributed by atoms with Crippen molar-refractivity contribution in [3.8, 4) is 0 Å². The van der Waals surface area contributed by atoms with E-state index in [-0.39, 0.29) is 18.6 Å². The van der Waals surface area contributed by atoms with E-state index in [1.54, 1.807) is 5.57 Å². The summed E-state index contributed by atoms with van der Waals surface area (Å²) in [5, 5.41) is 0. The zero-order chi connectivity index (χ0) is 5.98. The van der Waals surface area contributed by atoms with Crippen molar-refractivity contribution < 1.29 is 18.6 Å². The van der Waals surface area contributed by atoms with Gasteiger partial charge in [-0.3, -0.25) is 0 Å². The molecule has 1 radical (unpaired) electrons. The molecule has 0 amide bonds. The summed E-state index contributed by atoms with van der Waals surface area (Å²) in [5.74, 6) is 0.741. The minimum atomic E-state index is 0. The van der Waals surface area contributed by atoms with Crippen molar-refractivity contribution >= 4 is 0 Å². The van der Waals surface area contributed by atoms with Crippen LogP contribution in [0.4, 0.5) is 0 Å². The Labute approximate surface area is 68.9 Å². The molecule has 1 aliphatic carbocycles. The molecule has 0 fully saturated rings. The van der Waals surface area contributed by atoms with Crippen molar-refractivity contribution in [1.29, 1.82) is 0 Å². The molecule has 0 heterocycles. The average Bonchev–Trinajstić information content (AvgIpc) is 2.12. The van der Waals surface area contributed by atoms with Crippen LogP contribution in [0.3, 0.4) is 0 Å². The molecule has 0 atom stereocenters. The van der Waals surface area contributed by atoms with Crippen LogP contribution in [-0.4, -0.2) is 0 Å². The van der Waals surface area contributed by atoms with E-state index in [2.05, 4.69) is 32.1 Å². The molecule has 1 rings (SSSR count). The van der Waals surface area contributed by atoms with Gasteiger partial charge in [-0.1, -0.05) is 37.6 Å². The van der Waals surface area contributed by atoms with E-state index < -0.39 is 0 Å². The van der Waals surface area contributed by atoms with Gasteiger partial charge in [0.25, 0.3) is 0 Å². The van der Waals surface area contributed by atoms with Gasteiger partial charge >= 0.3 is 0 Å². The molecule has 49 valence electrons. The SMILES string of the molecule is CC(C)C1=CC=CC1.[V]. The Morgan fingerprint density at radius 1 is 1.44 bits per heavy atom. The van der Waals surface area contributed by atoms with Crippen molar-refractivity contribution in [3.63, 3.8) is 0 Å². The first-order valence-corrected chi connectivity index (χ1v) is 3.16. The summed E-state index contributed by atoms with van der Waals surface area (Å²) in [5.41, 5.74) is 1.56. The molecule has 1 aliphatic rings. The van der Waals surface area contributed by atoms with Gasteiger partial charge in [0.15, 0.2) is 0 Å². The predicted octanol–water partition coefficient (Wildman–Crippen LogP) is 2.53. The molecule has 9 heavy (non-hydrogen) atoms. The fourth-order valence-electron chi connectivity index (χ4n) is 0.892. The van der Waals surface area contributed by atoms with Crippen LogP contribution in [0.5, 0.6) is 0 Å². The second-order valence-electron chi connectivity index (χ2n) is 2.53. The van der Waals surface area contributed by atoms with E-state index in [1.165, 1.54) is 6.42 Å². The van der Waals surface area contributed by atoms with Gasteiger partial charge in [-0.25, -0.2) is 0 Å². The van der Waals surface area contributed by atoms with Gasteiger partial charge in [-0.05, 0) is 12.3 Å². The Morgan fingerprint density at radius 2 is 2.11 bits per heavy atom. The molecule has 1 heteroatoms. The van der Waals surface area contributed by atoms with E-state index in [9.17, 15) is 0 Å². The fraction of sp³-hybridized carbons (Fsp3) is 0.500. The second-order valence-corrected chi connectivity index (χ2v) is 2.53. The standard InChI is InChI=1S/C8H12.V/c1-7(2)8-5-3-4-6-8;/h3-5,7H,6H2,1-2H3;. The second kappa shape index (κ2) is 3.97. The third-order valence-corrected chi connectivity index (χ3v) is 1.54. The minimum Gasteiger partial charge on any atom is -0.0805 e. The van der Waals surface area contributed by atoms with Gasteiger partial charge in [0.2, 0.25) is 0 Å². The smallest absolute Gasteiger partial charge is 0 e. The first kappa shape index (κ1) is 9.06. The van der Waals surface area contributed by atoms with Gasteiger partial charge in [0.05, 0.1) is 0 Å². The zero-order valence-electron chi connectivity index (χ0n) is 5.96. The van der Waals surface area contributed by atoms with Crippen LogP contribution in [0.2, 0.25) is 0 Å². The molecule has 0 aromatic carbocycles. The van der Waals surface area contributed by atoms with Gasteiger partial charge in [0, 0.05) is 18.6 Å². The molecular formula is C8H12V. The maximum absolute atomic E-state index is 2.23. The minimum absolute atomic E-state index is 0. The van der Waals surface area contributed by atoms with E-state index in [4.69, 9.17) is 0 Å². The third kappa shape index (κ3) is 2.42. The molecule has 0 aromatic heterocycles. The van der Waals surface area contributed by atoms with E-state index in [0.717, 1.165) is 5.92 Å². The van der Waals surface area contributed by atoms with Crippen LogP contribution < -0.4 is 0 Å². The van der Waals surface area contributed by atoms with Crippen molar-refractivity contribution in [1.82, 2.24) is 0 Å². The number of rotatable bonds is 1. The molecule has 0 unspecified atom stereocenters. The number of hydrogen-bond donors (Lipinski definition) is 0. The molecule has 0 saturated heterocycles. The first-order valence-electron chi connectivity index (χ1n) is 3.16. The van der Waals surface area contributed by atoms with E-state index in [1.807, 2.05) is 0 Å². The molecule has 0 N–H and O–H groups in total. The predicted molar refractivity (Wildman–Crippen MR) is 36.7 cm³/mol. The summed E-state index contributed by atoms with van der Waals surface area (Å²) in [6, 6.07) is 0. The van der Waals surface area contributed by atoms with Crippen LogP contribution in [0.25, 0.3) is 0 Å². The van der Waals surface area contributed by atoms with Crippen LogP contribution >= 0.6 is 0 Å². The molecule has 0 bridgehead atoms. The fourth-order valence-corrected chi connectivity index (χ4v) is 0.892. The molecule has 0 saturated carbocycles. The monoisotopic (exact) mass is 159 g/mol. The van der Waals surface area contributed by atoms with Crippen molar-refractivity contribution in [2.45, 2.75) is 20.3 Å². The Kier molecular flexibility index (Phi) is 4.00. The maximum Gasteiger partial charge on any atom is 0 e. The summed E-state index contributed by atoms with van der Waals surface area (Å²) in [6.45, 7) is 4.47. The number of hydrogen-bond acceptors (Lipinski definition) is 0. The summed E-state index contributed by atoms with van der Waals surface area (Å²) in [7, 11) is 0. The van der Waals surface area contributed by atoms with Crippen molar-refractivity contribution in [2.24, 2.45) is 5.92 Å². The number of allylic oxidation sites excluding steroid dienone is 4. The largest absolute Gasteiger partial charge is 0.0805 e. The summed E-state index contributed by atoms with van der Waals surface area (Å²) >= 11 is 0. The quantitative estimate of drug-likeness (QED) is 0.551. The van der Waals surface area contributed by atoms with Gasteiger partial charge in [-0.2, -0.15) is 0 Å². The average molecular weight is 159 g/mol. The first-order chi connectivity index (χ1) is 3.80. The molecule has 0 nitrogen and oxygen atoms in total. The molecule has 0 aliphatic heterocycles.